The second kappa shape index (κ2) is 9.90. The first kappa shape index (κ1) is 20.6. The summed E-state index contributed by atoms with van der Waals surface area (Å²) >= 11 is 0. The van der Waals surface area contributed by atoms with E-state index in [9.17, 15) is 9.59 Å². The van der Waals surface area contributed by atoms with Gasteiger partial charge in [0.15, 0.2) is 0 Å². The fraction of sp³-hybridized carbons (Fsp3) is 0.440. The largest absolute Gasteiger partial charge is 0.352 e. The number of hydrogen-bond acceptors (Lipinski definition) is 3. The van der Waals surface area contributed by atoms with Gasteiger partial charge in [0.05, 0.1) is 6.42 Å². The molecule has 30 heavy (non-hydrogen) atoms. The van der Waals surface area contributed by atoms with Crippen molar-refractivity contribution in [3.8, 4) is 0 Å². The monoisotopic (exact) mass is 405 g/mol. The summed E-state index contributed by atoms with van der Waals surface area (Å²) in [5.74, 6) is 0.205. The summed E-state index contributed by atoms with van der Waals surface area (Å²) in [7, 11) is 0. The van der Waals surface area contributed by atoms with Gasteiger partial charge in [-0.15, -0.1) is 0 Å². The normalized spacial score (nSPS) is 17.3. The lowest BCUT2D eigenvalue weighted by atomic mass is 10.0. The quantitative estimate of drug-likeness (QED) is 0.765. The molecule has 2 aromatic carbocycles. The number of carbonyl (C=O) groups excluding carboxylic acids is 2. The summed E-state index contributed by atoms with van der Waals surface area (Å²) in [6.45, 7) is 4.64. The van der Waals surface area contributed by atoms with Crippen molar-refractivity contribution in [2.24, 2.45) is 0 Å². The van der Waals surface area contributed by atoms with Crippen molar-refractivity contribution in [1.82, 2.24) is 10.2 Å². The van der Waals surface area contributed by atoms with Crippen LogP contribution in [0.3, 0.4) is 0 Å². The van der Waals surface area contributed by atoms with Crippen LogP contribution in [-0.2, 0) is 29.1 Å². The molecular formula is C25H31N3O2. The van der Waals surface area contributed by atoms with Gasteiger partial charge >= 0.3 is 0 Å². The number of rotatable bonds is 7. The molecule has 0 spiro atoms. The van der Waals surface area contributed by atoms with Crippen molar-refractivity contribution in [2.75, 3.05) is 24.5 Å². The number of likely N-dealkylation sites (tertiary alicyclic amines) is 1. The summed E-state index contributed by atoms with van der Waals surface area (Å²) in [5.41, 5.74) is 4.39. The number of hydrogen-bond donors (Lipinski definition) is 1. The molecule has 2 heterocycles. The number of benzene rings is 2. The van der Waals surface area contributed by atoms with Crippen LogP contribution in [0.25, 0.3) is 0 Å². The van der Waals surface area contributed by atoms with Gasteiger partial charge < -0.3 is 10.2 Å². The van der Waals surface area contributed by atoms with Gasteiger partial charge in [-0.1, -0.05) is 42.8 Å². The highest BCUT2D eigenvalue weighted by atomic mass is 16.2. The van der Waals surface area contributed by atoms with E-state index in [2.05, 4.69) is 28.4 Å². The van der Waals surface area contributed by atoms with Crippen LogP contribution < -0.4 is 10.2 Å². The number of nitrogens with zero attached hydrogens (tertiary/aromatic N) is 2. The fourth-order valence-corrected chi connectivity index (χ4v) is 4.40. The molecule has 0 aromatic heterocycles. The van der Waals surface area contributed by atoms with E-state index < -0.39 is 0 Å². The van der Waals surface area contributed by atoms with Crippen LogP contribution in [0.5, 0.6) is 0 Å². The van der Waals surface area contributed by atoms with Gasteiger partial charge in [-0.05, 0) is 61.2 Å². The molecule has 2 aliphatic rings. The summed E-state index contributed by atoms with van der Waals surface area (Å²) in [4.78, 5) is 28.7. The number of amides is 2. The fourth-order valence-electron chi connectivity index (χ4n) is 4.40. The molecule has 0 unspecified atom stereocenters. The van der Waals surface area contributed by atoms with Gasteiger partial charge in [0.2, 0.25) is 11.8 Å². The third kappa shape index (κ3) is 5.28. The van der Waals surface area contributed by atoms with Crippen molar-refractivity contribution in [3.63, 3.8) is 0 Å². The topological polar surface area (TPSA) is 52.7 Å². The molecular weight excluding hydrogens is 374 g/mol. The van der Waals surface area contributed by atoms with Gasteiger partial charge in [-0.25, -0.2) is 0 Å². The lowest BCUT2D eigenvalue weighted by Gasteiger charge is -2.27. The van der Waals surface area contributed by atoms with Crippen molar-refractivity contribution < 1.29 is 9.59 Å². The summed E-state index contributed by atoms with van der Waals surface area (Å²) in [5, 5.41) is 3.08. The van der Waals surface area contributed by atoms with Crippen LogP contribution in [0.2, 0.25) is 0 Å². The summed E-state index contributed by atoms with van der Waals surface area (Å²) in [6, 6.07) is 16.2. The molecule has 158 valence electrons. The first-order valence-corrected chi connectivity index (χ1v) is 11.1. The molecule has 2 saturated heterocycles. The van der Waals surface area contributed by atoms with Crippen LogP contribution in [-0.4, -0.2) is 36.3 Å². The van der Waals surface area contributed by atoms with Gasteiger partial charge in [0.1, 0.15) is 0 Å². The molecule has 5 nitrogen and oxygen atoms in total. The van der Waals surface area contributed by atoms with E-state index in [1.165, 1.54) is 43.5 Å². The smallest absolute Gasteiger partial charge is 0.227 e. The standard InChI is InChI=1S/C25H31N3O2/c29-24(17-20-10-12-23(13-11-20)28-16-6-9-25(28)30)26-18-21-7-2-3-8-22(21)19-27-14-4-1-5-15-27/h2-3,7-8,10-13H,1,4-6,9,14-19H2,(H,26,29). The lowest BCUT2D eigenvalue weighted by Crippen LogP contribution is -2.30. The molecule has 0 aliphatic carbocycles. The highest BCUT2D eigenvalue weighted by Gasteiger charge is 2.21. The zero-order chi connectivity index (χ0) is 20.8. The van der Waals surface area contributed by atoms with E-state index in [1.807, 2.05) is 35.2 Å². The van der Waals surface area contributed by atoms with Crippen LogP contribution in [0.15, 0.2) is 48.5 Å². The predicted molar refractivity (Wildman–Crippen MR) is 119 cm³/mol. The van der Waals surface area contributed by atoms with Gasteiger partial charge in [0.25, 0.3) is 0 Å². The first-order valence-electron chi connectivity index (χ1n) is 11.1. The highest BCUT2D eigenvalue weighted by Crippen LogP contribution is 2.22. The lowest BCUT2D eigenvalue weighted by molar-refractivity contribution is -0.120. The van der Waals surface area contributed by atoms with Crippen LogP contribution >= 0.6 is 0 Å². The SMILES string of the molecule is O=C(Cc1ccc(N2CCCC2=O)cc1)NCc1ccccc1CN1CCCCC1. The molecule has 1 N–H and O–H groups in total. The van der Waals surface area contributed by atoms with Crippen LogP contribution in [0.1, 0.15) is 48.8 Å². The molecule has 0 radical (unpaired) electrons. The number of carbonyl (C=O) groups is 2. The Kier molecular flexibility index (Phi) is 6.80. The second-order valence-electron chi connectivity index (χ2n) is 8.37. The maximum atomic E-state index is 12.5. The van der Waals surface area contributed by atoms with Gasteiger partial charge in [-0.3, -0.25) is 14.5 Å². The number of nitrogens with one attached hydrogen (secondary N) is 1. The van der Waals surface area contributed by atoms with E-state index in [4.69, 9.17) is 0 Å². The molecule has 5 heteroatoms. The van der Waals surface area contributed by atoms with Crippen molar-refractivity contribution in [3.05, 3.63) is 65.2 Å². The number of piperidine rings is 1. The van der Waals surface area contributed by atoms with E-state index >= 15 is 0 Å². The third-order valence-corrected chi connectivity index (χ3v) is 6.12. The Morgan fingerprint density at radius 1 is 0.867 bits per heavy atom. The van der Waals surface area contributed by atoms with Crippen molar-refractivity contribution in [2.45, 2.75) is 51.6 Å². The Bertz CT molecular complexity index is 872. The van der Waals surface area contributed by atoms with E-state index in [0.29, 0.717) is 19.4 Å². The average molecular weight is 406 g/mol. The maximum absolute atomic E-state index is 12.5. The first-order chi connectivity index (χ1) is 14.7. The molecule has 0 bridgehead atoms. The van der Waals surface area contributed by atoms with Crippen molar-refractivity contribution >= 4 is 17.5 Å². The molecule has 2 amide bonds. The Balaban J connectivity index is 1.30. The average Bonchev–Trinajstić information content (AvgIpc) is 3.20. The van der Waals surface area contributed by atoms with E-state index in [0.717, 1.165) is 30.8 Å². The van der Waals surface area contributed by atoms with Crippen molar-refractivity contribution in [1.29, 1.82) is 0 Å². The number of anilines is 1. The van der Waals surface area contributed by atoms with Crippen LogP contribution in [0.4, 0.5) is 5.69 Å². The molecule has 2 aliphatic heterocycles. The summed E-state index contributed by atoms with van der Waals surface area (Å²) < 4.78 is 0. The Labute approximate surface area is 179 Å². The molecule has 2 fully saturated rings. The van der Waals surface area contributed by atoms with Gasteiger partial charge in [-0.2, -0.15) is 0 Å². The molecule has 0 atom stereocenters. The Morgan fingerprint density at radius 2 is 1.60 bits per heavy atom. The Hall–Kier alpha value is -2.66. The van der Waals surface area contributed by atoms with Gasteiger partial charge in [0, 0.05) is 31.7 Å². The molecule has 0 saturated carbocycles. The minimum absolute atomic E-state index is 0.0211. The Morgan fingerprint density at radius 3 is 2.30 bits per heavy atom. The molecule has 4 rings (SSSR count). The summed E-state index contributed by atoms with van der Waals surface area (Å²) in [6.07, 6.45) is 5.80. The maximum Gasteiger partial charge on any atom is 0.227 e. The minimum Gasteiger partial charge on any atom is -0.352 e. The zero-order valence-electron chi connectivity index (χ0n) is 17.6. The van der Waals surface area contributed by atoms with Crippen LogP contribution in [0, 0.1) is 0 Å². The third-order valence-electron chi connectivity index (χ3n) is 6.12. The predicted octanol–water partition coefficient (Wildman–Crippen LogP) is 3.66. The minimum atomic E-state index is 0.0211. The highest BCUT2D eigenvalue weighted by molar-refractivity contribution is 5.95. The second-order valence-corrected chi connectivity index (χ2v) is 8.37. The molecule has 2 aromatic rings. The zero-order valence-corrected chi connectivity index (χ0v) is 17.6. The van der Waals surface area contributed by atoms with E-state index in [1.54, 1.807) is 0 Å². The van der Waals surface area contributed by atoms with E-state index in [-0.39, 0.29) is 11.8 Å².